The van der Waals surface area contributed by atoms with Gasteiger partial charge in [-0.05, 0) is 24.6 Å². The highest BCUT2D eigenvalue weighted by Crippen LogP contribution is 2.36. The number of unbranched alkanes of at least 4 members (excludes halogenated alkanes) is 12. The maximum absolute atomic E-state index is 12.4. The van der Waals surface area contributed by atoms with Crippen molar-refractivity contribution >= 4 is 14.3 Å². The predicted molar refractivity (Wildman–Crippen MR) is 144 cm³/mol. The second kappa shape index (κ2) is 19.6. The number of carbonyl (C=O) groups is 1. The third-order valence-electron chi connectivity index (χ3n) is 6.76. The third-order valence-corrected chi connectivity index (χ3v) is 11.3. The molecule has 0 aromatic rings. The van der Waals surface area contributed by atoms with Crippen molar-refractivity contribution in [3.05, 3.63) is 12.7 Å². The van der Waals surface area contributed by atoms with E-state index in [4.69, 9.17) is 13.9 Å². The monoisotopic (exact) mass is 484 g/mol. The summed E-state index contributed by atoms with van der Waals surface area (Å²) in [4.78, 5) is 12.4. The number of rotatable bonds is 22. The Bertz CT molecular complexity index is 485. The van der Waals surface area contributed by atoms with Crippen LogP contribution in [0.15, 0.2) is 12.7 Å². The van der Waals surface area contributed by atoms with Gasteiger partial charge in [0.1, 0.15) is 6.10 Å². The van der Waals surface area contributed by atoms with Crippen LogP contribution in [0.5, 0.6) is 0 Å². The summed E-state index contributed by atoms with van der Waals surface area (Å²) in [7, 11) is -1.89. The van der Waals surface area contributed by atoms with Crippen molar-refractivity contribution in [3.8, 4) is 0 Å². The zero-order valence-corrected chi connectivity index (χ0v) is 24.0. The topological polar surface area (TPSA) is 44.8 Å². The van der Waals surface area contributed by atoms with Gasteiger partial charge in [0.25, 0.3) is 0 Å². The molecule has 0 amide bonds. The molecule has 0 saturated carbocycles. The summed E-state index contributed by atoms with van der Waals surface area (Å²) in [6.07, 6.45) is 18.7. The van der Waals surface area contributed by atoms with Crippen molar-refractivity contribution in [2.45, 2.75) is 142 Å². The number of hydrogen-bond donors (Lipinski definition) is 0. The van der Waals surface area contributed by atoms with E-state index in [9.17, 15) is 4.79 Å². The molecule has 0 N–H and O–H groups in total. The number of esters is 1. The van der Waals surface area contributed by atoms with E-state index in [1.807, 2.05) is 0 Å². The molecule has 0 rings (SSSR count). The lowest BCUT2D eigenvalue weighted by Crippen LogP contribution is -2.44. The summed E-state index contributed by atoms with van der Waals surface area (Å²) in [5.74, 6) is -0.135. The van der Waals surface area contributed by atoms with Gasteiger partial charge < -0.3 is 13.9 Å². The van der Waals surface area contributed by atoms with Crippen molar-refractivity contribution in [1.29, 1.82) is 0 Å². The Hall–Kier alpha value is -0.653. The fraction of sp³-hybridized carbons (Fsp3) is 0.893. The lowest BCUT2D eigenvalue weighted by atomic mass is 10.0. The molecule has 0 spiro atoms. The predicted octanol–water partition coefficient (Wildman–Crippen LogP) is 8.60. The van der Waals surface area contributed by atoms with Gasteiger partial charge in [0.2, 0.25) is 0 Å². The Balaban J connectivity index is 3.97. The molecule has 0 aliphatic carbocycles. The highest BCUT2D eigenvalue weighted by Gasteiger charge is 2.37. The minimum Gasteiger partial charge on any atom is -0.457 e. The molecule has 0 fully saturated rings. The van der Waals surface area contributed by atoms with Gasteiger partial charge in [-0.2, -0.15) is 0 Å². The van der Waals surface area contributed by atoms with Gasteiger partial charge in [-0.15, -0.1) is 6.58 Å². The molecule has 0 saturated heterocycles. The molecule has 0 bridgehead atoms. The lowest BCUT2D eigenvalue weighted by molar-refractivity contribution is -0.154. The largest absolute Gasteiger partial charge is 0.457 e. The highest BCUT2D eigenvalue weighted by molar-refractivity contribution is 6.74. The molecule has 0 aromatic heterocycles. The SMILES string of the molecule is C=CCOCC(CO[Si](C)(C)C(C)(C)C)OC(=O)CCCCCCCCCCCCCCC. The maximum atomic E-state index is 12.4. The molecular formula is C28H56O4Si. The molecule has 0 radical (unpaired) electrons. The first-order chi connectivity index (χ1) is 15.6. The van der Waals surface area contributed by atoms with E-state index in [2.05, 4.69) is 47.4 Å². The van der Waals surface area contributed by atoms with Gasteiger partial charge in [0.15, 0.2) is 8.32 Å². The van der Waals surface area contributed by atoms with Gasteiger partial charge in [0, 0.05) is 6.42 Å². The molecule has 5 heteroatoms. The van der Waals surface area contributed by atoms with Crippen LogP contribution in [0, 0.1) is 0 Å². The Morgan fingerprint density at radius 2 is 1.33 bits per heavy atom. The standard InChI is InChI=1S/C28H56O4Si/c1-8-10-11-12-13-14-15-16-17-18-19-20-21-22-27(29)32-26(24-30-23-9-2)25-31-33(6,7)28(3,4)5/h9,26H,2,8,10-25H2,1,3-7H3. The summed E-state index contributed by atoms with van der Waals surface area (Å²) >= 11 is 0. The first-order valence-electron chi connectivity index (χ1n) is 13.7. The fourth-order valence-electron chi connectivity index (χ4n) is 3.45. The van der Waals surface area contributed by atoms with Crippen molar-refractivity contribution < 1.29 is 18.7 Å². The Kier molecular flexibility index (Phi) is 19.2. The molecule has 0 aliphatic rings. The Labute approximate surface area is 207 Å². The molecular weight excluding hydrogens is 428 g/mol. The number of ether oxygens (including phenoxy) is 2. The van der Waals surface area contributed by atoms with Gasteiger partial charge >= 0.3 is 5.97 Å². The van der Waals surface area contributed by atoms with Gasteiger partial charge in [-0.25, -0.2) is 0 Å². The zero-order valence-electron chi connectivity index (χ0n) is 23.0. The highest BCUT2D eigenvalue weighted by atomic mass is 28.4. The summed E-state index contributed by atoms with van der Waals surface area (Å²) in [6, 6.07) is 0. The van der Waals surface area contributed by atoms with E-state index in [0.717, 1.165) is 12.8 Å². The smallest absolute Gasteiger partial charge is 0.306 e. The maximum Gasteiger partial charge on any atom is 0.306 e. The van der Waals surface area contributed by atoms with Gasteiger partial charge in [-0.1, -0.05) is 111 Å². The molecule has 1 unspecified atom stereocenters. The minimum atomic E-state index is -1.89. The first-order valence-corrected chi connectivity index (χ1v) is 16.6. The van der Waals surface area contributed by atoms with Crippen LogP contribution in [-0.4, -0.2) is 40.2 Å². The van der Waals surface area contributed by atoms with Crippen molar-refractivity contribution in [1.82, 2.24) is 0 Å². The average Bonchev–Trinajstić information content (AvgIpc) is 2.74. The Morgan fingerprint density at radius 1 is 0.848 bits per heavy atom. The molecule has 196 valence electrons. The fourth-order valence-corrected chi connectivity index (χ4v) is 4.48. The van der Waals surface area contributed by atoms with Crippen LogP contribution in [0.25, 0.3) is 0 Å². The first kappa shape index (κ1) is 32.3. The van der Waals surface area contributed by atoms with Crippen LogP contribution in [0.1, 0.15) is 118 Å². The summed E-state index contributed by atoms with van der Waals surface area (Å²) in [5, 5.41) is 0.123. The third kappa shape index (κ3) is 18.4. The normalized spacial score (nSPS) is 13.2. The molecule has 4 nitrogen and oxygen atoms in total. The Morgan fingerprint density at radius 3 is 1.79 bits per heavy atom. The van der Waals surface area contributed by atoms with Crippen LogP contribution < -0.4 is 0 Å². The van der Waals surface area contributed by atoms with Gasteiger partial charge in [0.05, 0.1) is 19.8 Å². The molecule has 1 atom stereocenters. The second-order valence-corrected chi connectivity index (χ2v) is 15.8. The van der Waals surface area contributed by atoms with E-state index < -0.39 is 8.32 Å². The summed E-state index contributed by atoms with van der Waals surface area (Å²) < 4.78 is 17.5. The van der Waals surface area contributed by atoms with Crippen LogP contribution in [0.3, 0.4) is 0 Å². The minimum absolute atomic E-state index is 0.123. The average molecular weight is 485 g/mol. The van der Waals surface area contributed by atoms with Crippen molar-refractivity contribution in [3.63, 3.8) is 0 Å². The van der Waals surface area contributed by atoms with Gasteiger partial charge in [-0.3, -0.25) is 4.79 Å². The lowest BCUT2D eigenvalue weighted by Gasteiger charge is -2.37. The molecule has 0 heterocycles. The van der Waals surface area contributed by atoms with E-state index >= 15 is 0 Å². The zero-order chi connectivity index (χ0) is 25.0. The van der Waals surface area contributed by atoms with E-state index in [0.29, 0.717) is 26.2 Å². The molecule has 0 aromatic carbocycles. The van der Waals surface area contributed by atoms with Crippen LogP contribution in [0.4, 0.5) is 0 Å². The number of hydrogen-bond acceptors (Lipinski definition) is 4. The van der Waals surface area contributed by atoms with Crippen LogP contribution in [0.2, 0.25) is 18.1 Å². The second-order valence-electron chi connectivity index (χ2n) is 11.0. The molecule has 33 heavy (non-hydrogen) atoms. The van der Waals surface area contributed by atoms with E-state index in [1.165, 1.54) is 70.6 Å². The van der Waals surface area contributed by atoms with E-state index in [-0.39, 0.29) is 17.1 Å². The van der Waals surface area contributed by atoms with Crippen molar-refractivity contribution in [2.24, 2.45) is 0 Å². The van der Waals surface area contributed by atoms with Crippen LogP contribution in [-0.2, 0) is 18.7 Å². The van der Waals surface area contributed by atoms with Crippen molar-refractivity contribution in [2.75, 3.05) is 19.8 Å². The van der Waals surface area contributed by atoms with E-state index in [1.54, 1.807) is 6.08 Å². The number of carbonyl (C=O) groups excluding carboxylic acids is 1. The molecule has 0 aliphatic heterocycles. The quantitative estimate of drug-likeness (QED) is 0.0667. The summed E-state index contributed by atoms with van der Waals surface area (Å²) in [6.45, 7) is 18.2. The van der Waals surface area contributed by atoms with Crippen LogP contribution >= 0.6 is 0 Å². The summed E-state index contributed by atoms with van der Waals surface area (Å²) in [5.41, 5.74) is 0.